The highest BCUT2D eigenvalue weighted by Gasteiger charge is 2.02. The van der Waals surface area contributed by atoms with Crippen LogP contribution in [-0.2, 0) is 0 Å². The van der Waals surface area contributed by atoms with Crippen LogP contribution >= 0.6 is 0 Å². The first-order valence-corrected chi connectivity index (χ1v) is 5.41. The van der Waals surface area contributed by atoms with E-state index in [1.807, 2.05) is 0 Å². The maximum atomic E-state index is 8.31. The maximum absolute atomic E-state index is 8.31. The minimum Gasteiger partial charge on any atom is -0.409 e. The summed E-state index contributed by atoms with van der Waals surface area (Å²) in [5, 5.41) is 14.6. The van der Waals surface area contributed by atoms with E-state index in [2.05, 4.69) is 36.4 Å². The van der Waals surface area contributed by atoms with Crippen molar-refractivity contribution in [1.29, 1.82) is 0 Å². The number of rotatable bonds is 8. The summed E-state index contributed by atoms with van der Waals surface area (Å²) in [7, 11) is 4.15. The molecule has 15 heavy (non-hydrogen) atoms. The van der Waals surface area contributed by atoms with Gasteiger partial charge in [0.2, 0.25) is 0 Å². The third-order valence-electron chi connectivity index (χ3n) is 2.49. The van der Waals surface area contributed by atoms with Crippen LogP contribution in [0, 0.1) is 0 Å². The van der Waals surface area contributed by atoms with Gasteiger partial charge in [-0.3, -0.25) is 0 Å². The molecule has 90 valence electrons. The molecule has 4 N–H and O–H groups in total. The molecule has 0 aliphatic rings. The van der Waals surface area contributed by atoms with Gasteiger partial charge >= 0.3 is 0 Å². The summed E-state index contributed by atoms with van der Waals surface area (Å²) in [4.78, 5) is 2.18. The lowest BCUT2D eigenvalue weighted by Crippen LogP contribution is -2.35. The van der Waals surface area contributed by atoms with Crippen LogP contribution in [0.3, 0.4) is 0 Å². The second-order valence-corrected chi connectivity index (χ2v) is 4.07. The van der Waals surface area contributed by atoms with Gasteiger partial charge in [0.05, 0.1) is 0 Å². The van der Waals surface area contributed by atoms with E-state index >= 15 is 0 Å². The Morgan fingerprint density at radius 3 is 2.67 bits per heavy atom. The van der Waals surface area contributed by atoms with Crippen molar-refractivity contribution in [2.24, 2.45) is 10.9 Å². The fraction of sp³-hybridized carbons (Fsp3) is 0.900. The molecule has 0 aliphatic heterocycles. The largest absolute Gasteiger partial charge is 0.409 e. The molecule has 0 heterocycles. The molecule has 1 atom stereocenters. The molecule has 0 fully saturated rings. The molecule has 0 saturated carbocycles. The first kappa shape index (κ1) is 14.2. The molecule has 0 rings (SSSR count). The van der Waals surface area contributed by atoms with Crippen LogP contribution in [0.5, 0.6) is 0 Å². The lowest BCUT2D eigenvalue weighted by atomic mass is 10.2. The molecule has 0 spiro atoms. The van der Waals surface area contributed by atoms with Gasteiger partial charge in [0.1, 0.15) is 5.84 Å². The SMILES string of the molecule is CC(CNCCCCC(N)=NO)N(C)C. The van der Waals surface area contributed by atoms with Gasteiger partial charge in [0.25, 0.3) is 0 Å². The normalized spacial score (nSPS) is 14.5. The summed E-state index contributed by atoms with van der Waals surface area (Å²) in [5.41, 5.74) is 5.35. The zero-order valence-electron chi connectivity index (χ0n) is 10.0. The van der Waals surface area contributed by atoms with E-state index in [0.29, 0.717) is 18.3 Å². The van der Waals surface area contributed by atoms with Crippen molar-refractivity contribution in [2.75, 3.05) is 27.2 Å². The number of hydrogen-bond donors (Lipinski definition) is 3. The van der Waals surface area contributed by atoms with Gasteiger partial charge in [-0.25, -0.2) is 0 Å². The van der Waals surface area contributed by atoms with Crippen LogP contribution < -0.4 is 11.1 Å². The molecule has 0 aromatic heterocycles. The Labute approximate surface area is 92.3 Å². The van der Waals surface area contributed by atoms with Crippen molar-refractivity contribution >= 4 is 5.84 Å². The second kappa shape index (κ2) is 8.49. The standard InChI is InChI=1S/C10H24N4O/c1-9(14(2)3)8-12-7-5-4-6-10(11)13-15/h9,12,15H,4-8H2,1-3H3,(H2,11,13). The van der Waals surface area contributed by atoms with Gasteiger partial charge < -0.3 is 21.2 Å². The van der Waals surface area contributed by atoms with Gasteiger partial charge in [-0.2, -0.15) is 0 Å². The highest BCUT2D eigenvalue weighted by Crippen LogP contribution is 1.94. The maximum Gasteiger partial charge on any atom is 0.139 e. The van der Waals surface area contributed by atoms with Crippen molar-refractivity contribution in [3.63, 3.8) is 0 Å². The summed E-state index contributed by atoms with van der Waals surface area (Å²) in [6, 6.07) is 0.550. The first-order valence-electron chi connectivity index (χ1n) is 5.41. The molecule has 0 saturated heterocycles. The van der Waals surface area contributed by atoms with E-state index in [0.717, 1.165) is 25.9 Å². The molecule has 0 aromatic carbocycles. The number of nitrogens with two attached hydrogens (primary N) is 1. The molecule has 0 bridgehead atoms. The third kappa shape index (κ3) is 8.20. The first-order chi connectivity index (χ1) is 7.07. The van der Waals surface area contributed by atoms with E-state index < -0.39 is 0 Å². The number of oxime groups is 1. The summed E-state index contributed by atoms with van der Waals surface area (Å²) >= 11 is 0. The molecule has 0 aliphatic carbocycles. The topological polar surface area (TPSA) is 73.9 Å². The minimum atomic E-state index is 0.316. The Morgan fingerprint density at radius 1 is 1.47 bits per heavy atom. The second-order valence-electron chi connectivity index (χ2n) is 4.07. The predicted octanol–water partition coefficient (Wildman–Crippen LogP) is 0.443. The smallest absolute Gasteiger partial charge is 0.139 e. The Hall–Kier alpha value is -0.810. The molecular weight excluding hydrogens is 192 g/mol. The Kier molecular flexibility index (Phi) is 8.04. The number of amidine groups is 1. The zero-order valence-corrected chi connectivity index (χ0v) is 10.0. The van der Waals surface area contributed by atoms with Gasteiger partial charge in [0, 0.05) is 19.0 Å². The van der Waals surface area contributed by atoms with Gasteiger partial charge in [0.15, 0.2) is 0 Å². The molecule has 0 radical (unpaired) electrons. The van der Waals surface area contributed by atoms with E-state index in [1.165, 1.54) is 0 Å². The van der Waals surface area contributed by atoms with E-state index in [1.54, 1.807) is 0 Å². The molecule has 1 unspecified atom stereocenters. The number of likely N-dealkylation sites (N-methyl/N-ethyl adjacent to an activating group) is 1. The van der Waals surface area contributed by atoms with Crippen LogP contribution in [0.15, 0.2) is 5.16 Å². The summed E-state index contributed by atoms with van der Waals surface area (Å²) in [6.07, 6.45) is 2.68. The average Bonchev–Trinajstić information content (AvgIpc) is 2.22. The molecule has 5 heteroatoms. The summed E-state index contributed by atoms with van der Waals surface area (Å²) in [5.74, 6) is 0.316. The van der Waals surface area contributed by atoms with Gasteiger partial charge in [-0.15, -0.1) is 0 Å². The van der Waals surface area contributed by atoms with Crippen molar-refractivity contribution in [3.8, 4) is 0 Å². The Balaban J connectivity index is 3.25. The van der Waals surface area contributed by atoms with Crippen LogP contribution in [0.4, 0.5) is 0 Å². The van der Waals surface area contributed by atoms with Crippen LogP contribution in [0.1, 0.15) is 26.2 Å². The quantitative estimate of drug-likeness (QED) is 0.181. The minimum absolute atomic E-state index is 0.316. The number of nitrogens with one attached hydrogen (secondary N) is 1. The number of hydrogen-bond acceptors (Lipinski definition) is 4. The zero-order chi connectivity index (χ0) is 11.7. The van der Waals surface area contributed by atoms with Crippen molar-refractivity contribution in [1.82, 2.24) is 10.2 Å². The molecular formula is C10H24N4O. The highest BCUT2D eigenvalue weighted by atomic mass is 16.4. The average molecular weight is 216 g/mol. The molecule has 0 aromatic rings. The van der Waals surface area contributed by atoms with Crippen molar-refractivity contribution in [3.05, 3.63) is 0 Å². The van der Waals surface area contributed by atoms with Crippen molar-refractivity contribution < 1.29 is 5.21 Å². The third-order valence-corrected chi connectivity index (χ3v) is 2.49. The predicted molar refractivity (Wildman–Crippen MR) is 63.3 cm³/mol. The summed E-state index contributed by atoms with van der Waals surface area (Å²) < 4.78 is 0. The lowest BCUT2D eigenvalue weighted by Gasteiger charge is -2.19. The summed E-state index contributed by atoms with van der Waals surface area (Å²) in [6.45, 7) is 4.16. The Bertz CT molecular complexity index is 182. The van der Waals surface area contributed by atoms with Gasteiger partial charge in [-0.05, 0) is 40.4 Å². The van der Waals surface area contributed by atoms with Crippen LogP contribution in [-0.4, -0.2) is 49.2 Å². The van der Waals surface area contributed by atoms with E-state index in [-0.39, 0.29) is 0 Å². The van der Waals surface area contributed by atoms with Crippen LogP contribution in [0.25, 0.3) is 0 Å². The highest BCUT2D eigenvalue weighted by molar-refractivity contribution is 5.79. The van der Waals surface area contributed by atoms with Gasteiger partial charge in [-0.1, -0.05) is 5.16 Å². The van der Waals surface area contributed by atoms with E-state index in [9.17, 15) is 0 Å². The van der Waals surface area contributed by atoms with E-state index in [4.69, 9.17) is 10.9 Å². The molecule has 0 amide bonds. The number of unbranched alkanes of at least 4 members (excludes halogenated alkanes) is 1. The fourth-order valence-electron chi connectivity index (χ4n) is 1.10. The molecule has 5 nitrogen and oxygen atoms in total. The van der Waals surface area contributed by atoms with Crippen LogP contribution in [0.2, 0.25) is 0 Å². The fourth-order valence-corrected chi connectivity index (χ4v) is 1.10. The number of nitrogens with zero attached hydrogens (tertiary/aromatic N) is 2. The Morgan fingerprint density at radius 2 is 2.13 bits per heavy atom. The van der Waals surface area contributed by atoms with Crippen molar-refractivity contribution in [2.45, 2.75) is 32.2 Å². The lowest BCUT2D eigenvalue weighted by molar-refractivity contribution is 0.302. The monoisotopic (exact) mass is 216 g/mol.